The summed E-state index contributed by atoms with van der Waals surface area (Å²) in [5.41, 5.74) is 3.68. The van der Waals surface area contributed by atoms with Crippen LogP contribution >= 0.6 is 0 Å². The van der Waals surface area contributed by atoms with Crippen molar-refractivity contribution in [2.45, 2.75) is 33.2 Å². The average Bonchev–Trinajstić information content (AvgIpc) is 2.52. The number of nitrogens with zero attached hydrogens (tertiary/aromatic N) is 4. The van der Waals surface area contributed by atoms with Gasteiger partial charge in [0.15, 0.2) is 5.96 Å². The van der Waals surface area contributed by atoms with Gasteiger partial charge in [-0.15, -0.1) is 0 Å². The highest BCUT2D eigenvalue weighted by Crippen LogP contribution is 2.14. The zero-order chi connectivity index (χ0) is 13.9. The molecule has 0 spiro atoms. The summed E-state index contributed by atoms with van der Waals surface area (Å²) in [5, 5.41) is 7.86. The minimum Gasteiger partial charge on any atom is -0.353 e. The number of hydrogen-bond donors (Lipinski definition) is 1. The normalized spacial score (nSPS) is 13.6. The van der Waals surface area contributed by atoms with Crippen LogP contribution in [0.3, 0.4) is 0 Å². The minimum absolute atomic E-state index is 0.327. The number of aryl methyl sites for hydroxylation is 2. The molecule has 0 radical (unpaired) electrons. The van der Waals surface area contributed by atoms with Crippen LogP contribution in [0.1, 0.15) is 23.9 Å². The summed E-state index contributed by atoms with van der Waals surface area (Å²) in [5.74, 6) is 0.904. The first-order valence-corrected chi connectivity index (χ1v) is 6.26. The molecule has 0 fully saturated rings. The maximum Gasteiger partial charge on any atom is 0.193 e. The number of nitrogens with one attached hydrogen (secondary N) is 1. The van der Waals surface area contributed by atoms with E-state index in [9.17, 15) is 0 Å². The molecule has 18 heavy (non-hydrogen) atoms. The fourth-order valence-electron chi connectivity index (χ4n) is 2.08. The van der Waals surface area contributed by atoms with Gasteiger partial charge in [0.05, 0.1) is 5.69 Å². The van der Waals surface area contributed by atoms with E-state index in [1.807, 2.05) is 30.7 Å². The third-order valence-electron chi connectivity index (χ3n) is 3.18. The third kappa shape index (κ3) is 3.24. The van der Waals surface area contributed by atoms with Crippen molar-refractivity contribution in [2.75, 3.05) is 21.1 Å². The molecule has 1 aromatic heterocycles. The van der Waals surface area contributed by atoms with Gasteiger partial charge in [-0.25, -0.2) is 0 Å². The molecule has 1 heterocycles. The zero-order valence-corrected chi connectivity index (χ0v) is 12.6. The largest absolute Gasteiger partial charge is 0.353 e. The Bertz CT molecular complexity index is 431. The molecule has 1 atom stereocenters. The number of hydrogen-bond acceptors (Lipinski definition) is 2. The highest BCUT2D eigenvalue weighted by molar-refractivity contribution is 5.79. The molecular formula is C13H25N5. The average molecular weight is 251 g/mol. The van der Waals surface area contributed by atoms with E-state index in [0.29, 0.717) is 6.04 Å². The smallest absolute Gasteiger partial charge is 0.193 e. The van der Waals surface area contributed by atoms with Crippen molar-refractivity contribution >= 4 is 5.96 Å². The molecule has 1 aromatic rings. The van der Waals surface area contributed by atoms with Gasteiger partial charge in [-0.1, -0.05) is 0 Å². The Morgan fingerprint density at radius 2 is 2.06 bits per heavy atom. The van der Waals surface area contributed by atoms with Gasteiger partial charge in [0.1, 0.15) is 0 Å². The van der Waals surface area contributed by atoms with Crippen molar-refractivity contribution < 1.29 is 0 Å². The van der Waals surface area contributed by atoms with Crippen LogP contribution in [0.15, 0.2) is 4.99 Å². The van der Waals surface area contributed by atoms with Gasteiger partial charge in [0.25, 0.3) is 0 Å². The minimum atomic E-state index is 0.327. The molecule has 0 amide bonds. The molecule has 0 saturated heterocycles. The second-order valence-corrected chi connectivity index (χ2v) is 4.96. The van der Waals surface area contributed by atoms with Crippen LogP contribution in [-0.4, -0.2) is 47.8 Å². The number of rotatable bonds is 3. The Morgan fingerprint density at radius 1 is 1.44 bits per heavy atom. The van der Waals surface area contributed by atoms with Crippen LogP contribution in [0.5, 0.6) is 0 Å². The van der Waals surface area contributed by atoms with E-state index in [0.717, 1.165) is 18.1 Å². The molecule has 0 bridgehead atoms. The van der Waals surface area contributed by atoms with E-state index < -0.39 is 0 Å². The topological polar surface area (TPSA) is 45.5 Å². The summed E-state index contributed by atoms with van der Waals surface area (Å²) in [4.78, 5) is 6.22. The Labute approximate surface area is 110 Å². The SMILES string of the molecule is CN=C(NC(C)Cc1c(C)nn(C)c1C)N(C)C. The zero-order valence-electron chi connectivity index (χ0n) is 12.6. The molecule has 0 aliphatic heterocycles. The van der Waals surface area contributed by atoms with Gasteiger partial charge in [0.2, 0.25) is 0 Å². The number of aliphatic imine (C=N–C) groups is 1. The lowest BCUT2D eigenvalue weighted by molar-refractivity contribution is 0.545. The van der Waals surface area contributed by atoms with E-state index >= 15 is 0 Å². The predicted molar refractivity (Wildman–Crippen MR) is 76.0 cm³/mol. The van der Waals surface area contributed by atoms with Gasteiger partial charge in [-0.3, -0.25) is 9.67 Å². The molecule has 0 saturated carbocycles. The van der Waals surface area contributed by atoms with Crippen LogP contribution < -0.4 is 5.32 Å². The van der Waals surface area contributed by atoms with Gasteiger partial charge in [-0.2, -0.15) is 5.10 Å². The maximum absolute atomic E-state index is 4.45. The van der Waals surface area contributed by atoms with Crippen molar-refractivity contribution in [3.05, 3.63) is 17.0 Å². The van der Waals surface area contributed by atoms with Crippen molar-refractivity contribution in [2.24, 2.45) is 12.0 Å². The lowest BCUT2D eigenvalue weighted by atomic mass is 10.1. The third-order valence-corrected chi connectivity index (χ3v) is 3.18. The van der Waals surface area contributed by atoms with Crippen LogP contribution in [0.25, 0.3) is 0 Å². The summed E-state index contributed by atoms with van der Waals surface area (Å²) in [6.45, 7) is 6.35. The molecule has 5 nitrogen and oxygen atoms in total. The number of guanidine groups is 1. The van der Waals surface area contributed by atoms with Gasteiger partial charge < -0.3 is 10.2 Å². The van der Waals surface area contributed by atoms with E-state index in [-0.39, 0.29) is 0 Å². The molecule has 1 unspecified atom stereocenters. The van der Waals surface area contributed by atoms with Gasteiger partial charge >= 0.3 is 0 Å². The molecule has 1 N–H and O–H groups in total. The Balaban J connectivity index is 2.73. The summed E-state index contributed by atoms with van der Waals surface area (Å²) in [6, 6.07) is 0.327. The molecule has 0 aliphatic rings. The van der Waals surface area contributed by atoms with Crippen LogP contribution in [0, 0.1) is 13.8 Å². The van der Waals surface area contributed by atoms with E-state index in [4.69, 9.17) is 0 Å². The molecule has 1 rings (SSSR count). The van der Waals surface area contributed by atoms with E-state index in [2.05, 4.69) is 36.2 Å². The summed E-state index contributed by atoms with van der Waals surface area (Å²) in [7, 11) is 7.77. The molecule has 5 heteroatoms. The van der Waals surface area contributed by atoms with Crippen molar-refractivity contribution in [3.63, 3.8) is 0 Å². The second-order valence-electron chi connectivity index (χ2n) is 4.96. The Hall–Kier alpha value is -1.52. The van der Waals surface area contributed by atoms with Gasteiger partial charge in [-0.05, 0) is 32.8 Å². The highest BCUT2D eigenvalue weighted by Gasteiger charge is 2.14. The predicted octanol–water partition coefficient (Wildman–Crippen LogP) is 1.10. The quantitative estimate of drug-likeness (QED) is 0.646. The van der Waals surface area contributed by atoms with Gasteiger partial charge in [0, 0.05) is 39.9 Å². The fraction of sp³-hybridized carbons (Fsp3) is 0.692. The maximum atomic E-state index is 4.45. The molecular weight excluding hydrogens is 226 g/mol. The van der Waals surface area contributed by atoms with Crippen LogP contribution in [0.4, 0.5) is 0 Å². The second kappa shape index (κ2) is 5.89. The first kappa shape index (κ1) is 14.5. The van der Waals surface area contributed by atoms with E-state index in [1.54, 1.807) is 7.05 Å². The Morgan fingerprint density at radius 3 is 2.44 bits per heavy atom. The molecule has 102 valence electrons. The summed E-state index contributed by atoms with van der Waals surface area (Å²) < 4.78 is 1.94. The van der Waals surface area contributed by atoms with Crippen molar-refractivity contribution in [1.82, 2.24) is 20.0 Å². The van der Waals surface area contributed by atoms with Crippen LogP contribution in [-0.2, 0) is 13.5 Å². The monoisotopic (exact) mass is 251 g/mol. The lowest BCUT2D eigenvalue weighted by Crippen LogP contribution is -2.42. The summed E-state index contributed by atoms with van der Waals surface area (Å²) >= 11 is 0. The lowest BCUT2D eigenvalue weighted by Gasteiger charge is -2.21. The fourth-order valence-corrected chi connectivity index (χ4v) is 2.08. The first-order chi connectivity index (χ1) is 8.36. The van der Waals surface area contributed by atoms with Crippen molar-refractivity contribution in [1.29, 1.82) is 0 Å². The Kier molecular flexibility index (Phi) is 4.76. The standard InChI is InChI=1S/C13H25N5/c1-9(15-13(14-4)17(5)6)8-12-10(2)16-18(7)11(12)3/h9H,8H2,1-7H3,(H,14,15). The van der Waals surface area contributed by atoms with E-state index in [1.165, 1.54) is 11.3 Å². The van der Waals surface area contributed by atoms with Crippen molar-refractivity contribution in [3.8, 4) is 0 Å². The van der Waals surface area contributed by atoms with Crippen LogP contribution in [0.2, 0.25) is 0 Å². The first-order valence-electron chi connectivity index (χ1n) is 6.26. The molecule has 0 aliphatic carbocycles. The molecule has 0 aromatic carbocycles. The highest BCUT2D eigenvalue weighted by atomic mass is 15.3. The summed E-state index contributed by atoms with van der Waals surface area (Å²) in [6.07, 6.45) is 0.957. The number of aromatic nitrogens is 2.